The summed E-state index contributed by atoms with van der Waals surface area (Å²) in [5, 5.41) is 19.9. The first-order valence-corrected chi connectivity index (χ1v) is 6.50. The number of aromatic amines is 1. The summed E-state index contributed by atoms with van der Waals surface area (Å²) in [6, 6.07) is 9.10. The maximum atomic E-state index is 9.94. The van der Waals surface area contributed by atoms with Crippen molar-refractivity contribution < 1.29 is 9.84 Å². The lowest BCUT2D eigenvalue weighted by Gasteiger charge is -1.97. The predicted octanol–water partition coefficient (Wildman–Crippen LogP) is 4.36. The molecule has 0 unspecified atom stereocenters. The predicted molar refractivity (Wildman–Crippen MR) is 75.0 cm³/mol. The minimum absolute atomic E-state index is 0.141. The zero-order valence-electron chi connectivity index (χ0n) is 10.1. The van der Waals surface area contributed by atoms with Crippen LogP contribution in [0.4, 0.5) is 11.5 Å². The van der Waals surface area contributed by atoms with Gasteiger partial charge in [0.1, 0.15) is 5.75 Å². The Balaban J connectivity index is 1.88. The number of benzene rings is 1. The fraction of sp³-hybridized carbons (Fsp3) is 0.0769. The molecule has 3 rings (SSSR count). The number of nitrogens with zero attached hydrogens (tertiary/aromatic N) is 2. The van der Waals surface area contributed by atoms with Crippen molar-refractivity contribution in [2.75, 3.05) is 7.11 Å². The number of azo groups is 1. The molecule has 0 saturated heterocycles. The average molecular weight is 273 g/mol. The summed E-state index contributed by atoms with van der Waals surface area (Å²) >= 11 is 1.46. The van der Waals surface area contributed by atoms with E-state index in [1.54, 1.807) is 19.2 Å². The van der Waals surface area contributed by atoms with E-state index in [1.165, 1.54) is 11.3 Å². The molecule has 0 saturated carbocycles. The zero-order chi connectivity index (χ0) is 13.2. The van der Waals surface area contributed by atoms with Gasteiger partial charge in [0.05, 0.1) is 23.0 Å². The smallest absolute Gasteiger partial charge is 0.196 e. The summed E-state index contributed by atoms with van der Waals surface area (Å²) in [5.41, 5.74) is 1.56. The van der Waals surface area contributed by atoms with E-state index in [2.05, 4.69) is 15.2 Å². The molecule has 96 valence electrons. The Morgan fingerprint density at radius 3 is 2.63 bits per heavy atom. The lowest BCUT2D eigenvalue weighted by molar-refractivity contribution is 0.415. The van der Waals surface area contributed by atoms with Gasteiger partial charge in [-0.1, -0.05) is 0 Å². The Bertz CT molecular complexity index is 728. The summed E-state index contributed by atoms with van der Waals surface area (Å²) in [4.78, 5) is 3.01. The van der Waals surface area contributed by atoms with Gasteiger partial charge in [0, 0.05) is 0 Å². The number of nitrogens with one attached hydrogen (secondary N) is 1. The number of aromatic hydroxyl groups is 1. The maximum Gasteiger partial charge on any atom is 0.196 e. The van der Waals surface area contributed by atoms with Crippen LogP contribution < -0.4 is 4.74 Å². The first-order valence-electron chi connectivity index (χ1n) is 5.62. The molecular formula is C13H11N3O2S. The molecule has 0 fully saturated rings. The Kier molecular flexibility index (Phi) is 2.92. The monoisotopic (exact) mass is 273 g/mol. The lowest BCUT2D eigenvalue weighted by atomic mass is 10.3. The Hall–Kier alpha value is -2.34. The molecule has 0 bridgehead atoms. The van der Waals surface area contributed by atoms with Gasteiger partial charge in [0.15, 0.2) is 11.6 Å². The number of hydrogen-bond donors (Lipinski definition) is 2. The van der Waals surface area contributed by atoms with Crippen molar-refractivity contribution >= 4 is 33.1 Å². The van der Waals surface area contributed by atoms with Crippen LogP contribution in [0, 0.1) is 0 Å². The number of ether oxygens (including phenoxy) is 1. The van der Waals surface area contributed by atoms with Crippen LogP contribution >= 0.6 is 11.3 Å². The average Bonchev–Trinajstić information content (AvgIpc) is 3.01. The summed E-state index contributed by atoms with van der Waals surface area (Å²) in [5.74, 6) is 1.28. The van der Waals surface area contributed by atoms with Crippen LogP contribution in [-0.2, 0) is 0 Å². The normalized spacial score (nSPS) is 11.4. The Morgan fingerprint density at radius 1 is 1.16 bits per heavy atom. The molecule has 2 heterocycles. The van der Waals surface area contributed by atoms with Gasteiger partial charge in [-0.15, -0.1) is 21.6 Å². The van der Waals surface area contributed by atoms with Crippen LogP contribution in [0.5, 0.6) is 11.5 Å². The molecule has 0 radical (unpaired) electrons. The molecule has 1 aromatic carbocycles. The van der Waals surface area contributed by atoms with Crippen LogP contribution in [-0.4, -0.2) is 17.2 Å². The standard InChI is InChI=1S/C13H11N3O2S/c1-18-9-4-2-8(3-5-9)15-16-13-11(17)12-10(14-13)6-7-19-12/h2-7,14,17H,1H3. The van der Waals surface area contributed by atoms with Crippen molar-refractivity contribution in [3.05, 3.63) is 35.7 Å². The van der Waals surface area contributed by atoms with Gasteiger partial charge in [-0.05, 0) is 35.7 Å². The zero-order valence-corrected chi connectivity index (χ0v) is 10.9. The van der Waals surface area contributed by atoms with E-state index in [0.717, 1.165) is 16.0 Å². The molecule has 0 aliphatic rings. The fourth-order valence-corrected chi connectivity index (χ4v) is 2.51. The van der Waals surface area contributed by atoms with Crippen LogP contribution in [0.25, 0.3) is 10.2 Å². The van der Waals surface area contributed by atoms with E-state index in [0.29, 0.717) is 11.5 Å². The third-order valence-electron chi connectivity index (χ3n) is 2.70. The van der Waals surface area contributed by atoms with Crippen molar-refractivity contribution in [2.45, 2.75) is 0 Å². The highest BCUT2D eigenvalue weighted by Crippen LogP contribution is 2.38. The molecule has 3 aromatic rings. The molecule has 0 amide bonds. The van der Waals surface area contributed by atoms with E-state index >= 15 is 0 Å². The van der Waals surface area contributed by atoms with Crippen LogP contribution in [0.3, 0.4) is 0 Å². The summed E-state index contributed by atoms with van der Waals surface area (Å²) < 4.78 is 5.86. The molecule has 0 spiro atoms. The van der Waals surface area contributed by atoms with Crippen LogP contribution in [0.2, 0.25) is 0 Å². The summed E-state index contributed by atoms with van der Waals surface area (Å²) in [6.07, 6.45) is 0. The molecule has 2 N–H and O–H groups in total. The summed E-state index contributed by atoms with van der Waals surface area (Å²) in [7, 11) is 1.61. The van der Waals surface area contributed by atoms with E-state index < -0.39 is 0 Å². The number of hydrogen-bond acceptors (Lipinski definition) is 5. The second-order valence-electron chi connectivity index (χ2n) is 3.88. The number of fused-ring (bicyclic) bond motifs is 1. The topological polar surface area (TPSA) is 70.0 Å². The molecule has 0 aliphatic carbocycles. The van der Waals surface area contributed by atoms with Gasteiger partial charge in [-0.25, -0.2) is 0 Å². The number of aromatic nitrogens is 1. The van der Waals surface area contributed by atoms with Crippen molar-refractivity contribution in [3.8, 4) is 11.5 Å². The van der Waals surface area contributed by atoms with Gasteiger partial charge >= 0.3 is 0 Å². The fourth-order valence-electron chi connectivity index (χ4n) is 1.71. The highest BCUT2D eigenvalue weighted by molar-refractivity contribution is 7.17. The first-order chi connectivity index (χ1) is 9.28. The van der Waals surface area contributed by atoms with E-state index in [4.69, 9.17) is 4.74 Å². The Labute approximate surface area is 113 Å². The van der Waals surface area contributed by atoms with E-state index in [9.17, 15) is 5.11 Å². The highest BCUT2D eigenvalue weighted by Gasteiger charge is 2.10. The second-order valence-corrected chi connectivity index (χ2v) is 4.80. The first kappa shape index (κ1) is 11.7. The van der Waals surface area contributed by atoms with Crippen molar-refractivity contribution in [1.82, 2.24) is 4.98 Å². The maximum absolute atomic E-state index is 9.94. The quantitative estimate of drug-likeness (QED) is 0.696. The Morgan fingerprint density at radius 2 is 1.95 bits per heavy atom. The minimum atomic E-state index is 0.141. The van der Waals surface area contributed by atoms with E-state index in [1.807, 2.05) is 23.6 Å². The number of H-pyrrole nitrogens is 1. The molecule has 19 heavy (non-hydrogen) atoms. The minimum Gasteiger partial charge on any atom is -0.503 e. The SMILES string of the molecule is COc1ccc(N=Nc2[nH]c3ccsc3c2O)cc1. The largest absolute Gasteiger partial charge is 0.503 e. The number of thiophene rings is 1. The lowest BCUT2D eigenvalue weighted by Crippen LogP contribution is -1.79. The van der Waals surface area contributed by atoms with E-state index in [-0.39, 0.29) is 5.75 Å². The van der Waals surface area contributed by atoms with Gasteiger partial charge in [-0.2, -0.15) is 0 Å². The molecule has 0 aliphatic heterocycles. The third kappa shape index (κ3) is 2.17. The number of rotatable bonds is 3. The van der Waals surface area contributed by atoms with Crippen molar-refractivity contribution in [1.29, 1.82) is 0 Å². The molecule has 6 heteroatoms. The molecule has 2 aromatic heterocycles. The van der Waals surface area contributed by atoms with Crippen LogP contribution in [0.15, 0.2) is 45.9 Å². The number of methoxy groups -OCH3 is 1. The van der Waals surface area contributed by atoms with Gasteiger partial charge < -0.3 is 14.8 Å². The summed E-state index contributed by atoms with van der Waals surface area (Å²) in [6.45, 7) is 0. The van der Waals surface area contributed by atoms with Gasteiger partial charge in [0.2, 0.25) is 0 Å². The molecular weight excluding hydrogens is 262 g/mol. The molecule has 5 nitrogen and oxygen atoms in total. The van der Waals surface area contributed by atoms with Crippen LogP contribution in [0.1, 0.15) is 0 Å². The highest BCUT2D eigenvalue weighted by atomic mass is 32.1. The second kappa shape index (κ2) is 4.74. The van der Waals surface area contributed by atoms with Gasteiger partial charge in [-0.3, -0.25) is 0 Å². The van der Waals surface area contributed by atoms with Crippen molar-refractivity contribution in [2.24, 2.45) is 10.2 Å². The van der Waals surface area contributed by atoms with Crippen molar-refractivity contribution in [3.63, 3.8) is 0 Å². The third-order valence-corrected chi connectivity index (χ3v) is 3.62. The molecule has 0 atom stereocenters. The van der Waals surface area contributed by atoms with Gasteiger partial charge in [0.25, 0.3) is 0 Å².